The van der Waals surface area contributed by atoms with E-state index in [4.69, 9.17) is 9.47 Å². The van der Waals surface area contributed by atoms with Crippen LogP contribution in [0.2, 0.25) is 0 Å². The number of aliphatic hydroxyl groups excluding tert-OH is 1. The molecule has 0 saturated carbocycles. The van der Waals surface area contributed by atoms with E-state index in [1.54, 1.807) is 4.90 Å². The van der Waals surface area contributed by atoms with Crippen LogP contribution in [0.1, 0.15) is 41.9 Å². The van der Waals surface area contributed by atoms with E-state index in [1.165, 1.54) is 0 Å². The van der Waals surface area contributed by atoms with Crippen LogP contribution < -0.4 is 4.74 Å². The SMILES string of the molecule is CCCOc1ccc(C2C(=C(O)c3nc4c(C)cccn4c3C)C(=O)C(=O)N2CCN2CCOCC2)cc1. The number of fused-ring (bicyclic) bond motifs is 1. The number of carbonyl (C=O) groups is 2. The van der Waals surface area contributed by atoms with Gasteiger partial charge in [-0.3, -0.25) is 14.5 Å². The van der Waals surface area contributed by atoms with Crippen molar-refractivity contribution in [2.24, 2.45) is 0 Å². The number of hydrogen-bond donors (Lipinski definition) is 1. The quantitative estimate of drug-likeness (QED) is 0.277. The highest BCUT2D eigenvalue weighted by atomic mass is 16.5. The van der Waals surface area contributed by atoms with Crippen molar-refractivity contribution in [3.8, 4) is 5.75 Å². The minimum atomic E-state index is -0.735. The number of pyridine rings is 1. The summed E-state index contributed by atoms with van der Waals surface area (Å²) in [5, 5.41) is 11.6. The largest absolute Gasteiger partial charge is 0.505 e. The number of aliphatic hydroxyl groups is 1. The Morgan fingerprint density at radius 3 is 2.53 bits per heavy atom. The second kappa shape index (κ2) is 11.0. The Balaban J connectivity index is 1.57. The van der Waals surface area contributed by atoms with Gasteiger partial charge in [-0.15, -0.1) is 0 Å². The number of nitrogens with zero attached hydrogens (tertiary/aromatic N) is 4. The van der Waals surface area contributed by atoms with Crippen LogP contribution in [-0.2, 0) is 14.3 Å². The lowest BCUT2D eigenvalue weighted by molar-refractivity contribution is -0.140. The molecule has 0 aliphatic carbocycles. The van der Waals surface area contributed by atoms with Crippen molar-refractivity contribution in [2.75, 3.05) is 46.0 Å². The fourth-order valence-corrected chi connectivity index (χ4v) is 5.17. The molecule has 3 aromatic rings. The predicted molar refractivity (Wildman–Crippen MR) is 143 cm³/mol. The van der Waals surface area contributed by atoms with Crippen molar-refractivity contribution in [3.63, 3.8) is 0 Å². The third-order valence-electron chi connectivity index (χ3n) is 7.28. The van der Waals surface area contributed by atoms with Gasteiger partial charge >= 0.3 is 0 Å². The van der Waals surface area contributed by atoms with Gasteiger partial charge in [0, 0.05) is 32.4 Å². The van der Waals surface area contributed by atoms with Gasteiger partial charge in [0.05, 0.1) is 37.1 Å². The molecule has 2 fully saturated rings. The van der Waals surface area contributed by atoms with E-state index in [1.807, 2.05) is 67.8 Å². The number of ketones is 1. The first-order chi connectivity index (χ1) is 18.4. The number of benzene rings is 1. The van der Waals surface area contributed by atoms with Gasteiger partial charge in [0.25, 0.3) is 11.7 Å². The standard InChI is InChI=1S/C29H34N4O5/c1-4-16-38-22-9-7-21(8-10-22)25-23(26(34)24-20(3)32-11-5-6-19(2)28(32)30-24)27(35)29(36)33(25)13-12-31-14-17-37-18-15-31/h5-11,25,34H,4,12-18H2,1-3H3. The molecule has 9 heteroatoms. The van der Waals surface area contributed by atoms with Crippen LogP contribution in [0.4, 0.5) is 0 Å². The number of ether oxygens (including phenoxy) is 2. The molecule has 2 aliphatic rings. The third kappa shape index (κ3) is 4.79. The zero-order chi connectivity index (χ0) is 26.8. The van der Waals surface area contributed by atoms with Gasteiger partial charge in [-0.2, -0.15) is 0 Å². The number of aryl methyl sites for hydroxylation is 2. The summed E-state index contributed by atoms with van der Waals surface area (Å²) < 4.78 is 13.1. The lowest BCUT2D eigenvalue weighted by atomic mass is 9.96. The Morgan fingerprint density at radius 1 is 1.11 bits per heavy atom. The highest BCUT2D eigenvalue weighted by Crippen LogP contribution is 2.40. The normalized spacial score (nSPS) is 20.0. The molecular weight excluding hydrogens is 484 g/mol. The summed E-state index contributed by atoms with van der Waals surface area (Å²) in [7, 11) is 0. The van der Waals surface area contributed by atoms with Crippen molar-refractivity contribution in [2.45, 2.75) is 33.2 Å². The van der Waals surface area contributed by atoms with E-state index in [0.717, 1.165) is 30.6 Å². The maximum absolute atomic E-state index is 13.5. The van der Waals surface area contributed by atoms with E-state index in [9.17, 15) is 14.7 Å². The van der Waals surface area contributed by atoms with Crippen molar-refractivity contribution in [1.82, 2.24) is 19.2 Å². The fraction of sp³-hybridized carbons (Fsp3) is 0.414. The molecule has 2 saturated heterocycles. The molecule has 5 rings (SSSR count). The number of carbonyl (C=O) groups excluding carboxylic acids is 2. The first kappa shape index (κ1) is 25.9. The lowest BCUT2D eigenvalue weighted by Crippen LogP contribution is -2.42. The number of Topliss-reactive ketones (excluding diaryl/α,β-unsaturated/α-hetero) is 1. The molecule has 0 bridgehead atoms. The third-order valence-corrected chi connectivity index (χ3v) is 7.28. The van der Waals surface area contributed by atoms with Crippen LogP contribution in [0.15, 0.2) is 48.2 Å². The molecule has 1 unspecified atom stereocenters. The Labute approximate surface area is 222 Å². The summed E-state index contributed by atoms with van der Waals surface area (Å²) in [5.41, 5.74) is 3.43. The molecule has 1 atom stereocenters. The molecule has 2 aromatic heterocycles. The molecule has 2 aliphatic heterocycles. The van der Waals surface area contributed by atoms with Gasteiger partial charge in [-0.25, -0.2) is 4.98 Å². The first-order valence-electron chi connectivity index (χ1n) is 13.2. The summed E-state index contributed by atoms with van der Waals surface area (Å²) in [6.45, 7) is 10.2. The lowest BCUT2D eigenvalue weighted by Gasteiger charge is -2.31. The predicted octanol–water partition coefficient (Wildman–Crippen LogP) is 3.49. The maximum atomic E-state index is 13.5. The minimum absolute atomic E-state index is 0.0587. The summed E-state index contributed by atoms with van der Waals surface area (Å²) in [4.78, 5) is 35.3. The molecule has 0 radical (unpaired) electrons. The van der Waals surface area contributed by atoms with Crippen molar-refractivity contribution < 1.29 is 24.2 Å². The smallest absolute Gasteiger partial charge is 0.295 e. The number of amides is 1. The highest BCUT2D eigenvalue weighted by molar-refractivity contribution is 6.46. The molecule has 1 aromatic carbocycles. The fourth-order valence-electron chi connectivity index (χ4n) is 5.17. The Bertz CT molecular complexity index is 1370. The highest BCUT2D eigenvalue weighted by Gasteiger charge is 2.46. The van der Waals surface area contributed by atoms with E-state index >= 15 is 0 Å². The van der Waals surface area contributed by atoms with E-state index in [2.05, 4.69) is 9.88 Å². The zero-order valence-electron chi connectivity index (χ0n) is 22.1. The number of aromatic nitrogens is 2. The Hall–Kier alpha value is -3.69. The summed E-state index contributed by atoms with van der Waals surface area (Å²) in [6.07, 6.45) is 2.76. The average Bonchev–Trinajstić information content (AvgIpc) is 3.41. The van der Waals surface area contributed by atoms with Gasteiger partial charge in [-0.05, 0) is 49.6 Å². The summed E-state index contributed by atoms with van der Waals surface area (Å²) >= 11 is 0. The molecule has 200 valence electrons. The number of hydrogen-bond acceptors (Lipinski definition) is 7. The summed E-state index contributed by atoms with van der Waals surface area (Å²) in [5.74, 6) is -0.857. The van der Waals surface area contributed by atoms with Crippen molar-refractivity contribution in [3.05, 3.63) is 70.7 Å². The second-order valence-corrected chi connectivity index (χ2v) is 9.79. The van der Waals surface area contributed by atoms with E-state index in [-0.39, 0.29) is 11.3 Å². The minimum Gasteiger partial charge on any atom is -0.505 e. The van der Waals surface area contributed by atoms with Gasteiger partial charge in [-0.1, -0.05) is 25.1 Å². The number of likely N-dealkylation sites (tertiary alicyclic amines) is 1. The molecule has 1 N–H and O–H groups in total. The zero-order valence-corrected chi connectivity index (χ0v) is 22.1. The average molecular weight is 519 g/mol. The van der Waals surface area contributed by atoms with E-state index in [0.29, 0.717) is 55.7 Å². The van der Waals surface area contributed by atoms with Crippen molar-refractivity contribution >= 4 is 23.1 Å². The van der Waals surface area contributed by atoms with Gasteiger partial charge in [0.2, 0.25) is 0 Å². The van der Waals surface area contributed by atoms with Crippen LogP contribution in [0, 0.1) is 13.8 Å². The van der Waals surface area contributed by atoms with Crippen LogP contribution in [0.25, 0.3) is 11.4 Å². The number of imidazole rings is 1. The van der Waals surface area contributed by atoms with Gasteiger partial charge in [0.1, 0.15) is 17.1 Å². The molecule has 1 amide bonds. The van der Waals surface area contributed by atoms with Crippen LogP contribution >= 0.6 is 0 Å². The molecule has 38 heavy (non-hydrogen) atoms. The summed E-state index contributed by atoms with van der Waals surface area (Å²) in [6, 6.07) is 10.5. The Kier molecular flexibility index (Phi) is 7.49. The van der Waals surface area contributed by atoms with Crippen LogP contribution in [0.3, 0.4) is 0 Å². The monoisotopic (exact) mass is 518 g/mol. The molecule has 9 nitrogen and oxygen atoms in total. The van der Waals surface area contributed by atoms with Crippen LogP contribution in [-0.4, -0.2) is 82.0 Å². The topological polar surface area (TPSA) is 96.6 Å². The maximum Gasteiger partial charge on any atom is 0.295 e. The van der Waals surface area contributed by atoms with E-state index < -0.39 is 17.7 Å². The first-order valence-corrected chi connectivity index (χ1v) is 13.2. The Morgan fingerprint density at radius 2 is 1.84 bits per heavy atom. The molecular formula is C29H34N4O5. The number of rotatable bonds is 8. The second-order valence-electron chi connectivity index (χ2n) is 9.79. The molecule has 4 heterocycles. The van der Waals surface area contributed by atoms with Gasteiger partial charge in [0.15, 0.2) is 5.76 Å². The van der Waals surface area contributed by atoms with Gasteiger partial charge < -0.3 is 23.9 Å². The molecule has 0 spiro atoms. The van der Waals surface area contributed by atoms with Crippen LogP contribution in [0.5, 0.6) is 5.75 Å². The van der Waals surface area contributed by atoms with Crippen molar-refractivity contribution in [1.29, 1.82) is 0 Å². The number of morpholine rings is 1.